The molecule has 1 heterocycles. The number of nitrogen functional groups attached to an aromatic ring is 1. The van der Waals surface area contributed by atoms with Crippen LogP contribution in [-0.2, 0) is 0 Å². The van der Waals surface area contributed by atoms with Crippen molar-refractivity contribution >= 4 is 33.8 Å². The number of anilines is 2. The number of rotatable bonds is 6. The highest BCUT2D eigenvalue weighted by Crippen LogP contribution is 2.61. The molecule has 0 saturated heterocycles. The number of primary amides is 2. The average molecular weight is 294 g/mol. The summed E-state index contributed by atoms with van der Waals surface area (Å²) in [7, 11) is 0. The summed E-state index contributed by atoms with van der Waals surface area (Å²) in [6.45, 7) is 0.802. The molecule has 2 saturated carbocycles. The van der Waals surface area contributed by atoms with Gasteiger partial charge in [0.05, 0.1) is 11.3 Å². The predicted octanol–water partition coefficient (Wildman–Crippen LogP) is 1.13. The minimum atomic E-state index is -0.634. The van der Waals surface area contributed by atoms with Gasteiger partial charge in [0.15, 0.2) is 0 Å². The Hall–Kier alpha value is -1.76. The first-order valence-electron chi connectivity index (χ1n) is 6.70. The van der Waals surface area contributed by atoms with Crippen molar-refractivity contribution in [1.29, 1.82) is 0 Å². The van der Waals surface area contributed by atoms with E-state index in [1.165, 1.54) is 25.7 Å². The maximum Gasteiger partial charge on any atom is 0.260 e. The third-order valence-corrected chi connectivity index (χ3v) is 5.53. The average Bonchev–Trinajstić information content (AvgIpc) is 3.22. The second-order valence-electron chi connectivity index (χ2n) is 5.77. The van der Waals surface area contributed by atoms with E-state index in [0.717, 1.165) is 23.8 Å². The van der Waals surface area contributed by atoms with E-state index in [2.05, 4.69) is 5.32 Å². The fourth-order valence-electron chi connectivity index (χ4n) is 2.84. The van der Waals surface area contributed by atoms with Gasteiger partial charge in [-0.1, -0.05) is 0 Å². The molecular formula is C13H18N4O2S. The van der Waals surface area contributed by atoms with E-state index in [9.17, 15) is 9.59 Å². The molecule has 1 aromatic heterocycles. The molecule has 0 atom stereocenters. The topological polar surface area (TPSA) is 124 Å². The highest BCUT2D eigenvalue weighted by Gasteiger charge is 2.53. The normalized spacial score (nSPS) is 19.6. The largest absolute Gasteiger partial charge is 0.397 e. The van der Waals surface area contributed by atoms with Gasteiger partial charge in [0.25, 0.3) is 11.8 Å². The van der Waals surface area contributed by atoms with Gasteiger partial charge in [-0.05, 0) is 37.0 Å². The summed E-state index contributed by atoms with van der Waals surface area (Å²) in [5.41, 5.74) is 17.1. The standard InChI is InChI=1S/C13H18N4O2S/c14-8-7(10(15)18)12(20-9(8)11(16)19)17-5-13(3-4-13)6-1-2-6/h6,17H,1-5,14H2,(H2,15,18)(H2,16,19). The molecule has 0 radical (unpaired) electrons. The van der Waals surface area contributed by atoms with E-state index in [1.54, 1.807) is 0 Å². The summed E-state index contributed by atoms with van der Waals surface area (Å²) in [5.74, 6) is -0.462. The number of amides is 2. The number of thiophene rings is 1. The van der Waals surface area contributed by atoms with Crippen molar-refractivity contribution in [2.75, 3.05) is 17.6 Å². The van der Waals surface area contributed by atoms with Gasteiger partial charge in [-0.25, -0.2) is 0 Å². The third kappa shape index (κ3) is 2.11. The first-order chi connectivity index (χ1) is 9.44. The van der Waals surface area contributed by atoms with Crippen LogP contribution >= 0.6 is 11.3 Å². The van der Waals surface area contributed by atoms with Gasteiger partial charge in [0.1, 0.15) is 9.88 Å². The molecule has 2 aliphatic rings. The molecule has 7 N–H and O–H groups in total. The van der Waals surface area contributed by atoms with E-state index in [1.807, 2.05) is 0 Å². The summed E-state index contributed by atoms with van der Waals surface area (Å²) in [4.78, 5) is 23.0. The van der Waals surface area contributed by atoms with Gasteiger partial charge in [-0.3, -0.25) is 9.59 Å². The van der Waals surface area contributed by atoms with E-state index in [4.69, 9.17) is 17.2 Å². The zero-order valence-electron chi connectivity index (χ0n) is 11.1. The molecule has 1 aromatic rings. The van der Waals surface area contributed by atoms with Crippen molar-refractivity contribution < 1.29 is 9.59 Å². The maximum atomic E-state index is 11.5. The molecule has 0 aromatic carbocycles. The van der Waals surface area contributed by atoms with Crippen molar-refractivity contribution in [3.05, 3.63) is 10.4 Å². The molecule has 2 fully saturated rings. The predicted molar refractivity (Wildman–Crippen MR) is 78.6 cm³/mol. The summed E-state index contributed by atoms with van der Waals surface area (Å²) in [6, 6.07) is 0. The summed E-state index contributed by atoms with van der Waals surface area (Å²) in [5, 5.41) is 3.83. The molecule has 6 nitrogen and oxygen atoms in total. The van der Waals surface area contributed by atoms with Gasteiger partial charge in [0, 0.05) is 6.54 Å². The first kappa shape index (κ1) is 13.2. The van der Waals surface area contributed by atoms with Gasteiger partial charge >= 0.3 is 0 Å². The van der Waals surface area contributed by atoms with Crippen LogP contribution in [0, 0.1) is 11.3 Å². The maximum absolute atomic E-state index is 11.5. The number of hydrogen-bond acceptors (Lipinski definition) is 5. The Bertz CT molecular complexity index is 587. The Labute approximate surface area is 120 Å². The lowest BCUT2D eigenvalue weighted by molar-refractivity contribution is 0.0999. The fourth-order valence-corrected chi connectivity index (χ4v) is 3.81. The second-order valence-corrected chi connectivity index (χ2v) is 6.79. The van der Waals surface area contributed by atoms with Crippen LogP contribution in [0.2, 0.25) is 0 Å². The number of carbonyl (C=O) groups excluding carboxylic acids is 2. The van der Waals surface area contributed by atoms with Gasteiger partial charge in [-0.2, -0.15) is 0 Å². The van der Waals surface area contributed by atoms with Crippen molar-refractivity contribution in [3.8, 4) is 0 Å². The molecule has 0 unspecified atom stereocenters. The second kappa shape index (κ2) is 4.37. The Morgan fingerprint density at radius 3 is 2.35 bits per heavy atom. The van der Waals surface area contributed by atoms with Crippen molar-refractivity contribution in [2.24, 2.45) is 22.8 Å². The Balaban J connectivity index is 1.83. The minimum Gasteiger partial charge on any atom is -0.397 e. The van der Waals surface area contributed by atoms with E-state index in [-0.39, 0.29) is 16.1 Å². The Kier molecular flexibility index (Phi) is 2.89. The Morgan fingerprint density at radius 1 is 1.25 bits per heavy atom. The SMILES string of the molecule is NC(=O)c1sc(NCC2(C3CC3)CC2)c(C(N)=O)c1N. The van der Waals surface area contributed by atoms with E-state index < -0.39 is 11.8 Å². The summed E-state index contributed by atoms with van der Waals surface area (Å²) in [6.07, 6.45) is 5.03. The van der Waals surface area contributed by atoms with Crippen LogP contribution in [0.4, 0.5) is 10.7 Å². The fraction of sp³-hybridized carbons (Fsp3) is 0.538. The van der Waals surface area contributed by atoms with Gasteiger partial charge in [0.2, 0.25) is 0 Å². The lowest BCUT2D eigenvalue weighted by Gasteiger charge is -2.15. The van der Waals surface area contributed by atoms with Crippen molar-refractivity contribution in [2.45, 2.75) is 25.7 Å². The smallest absolute Gasteiger partial charge is 0.260 e. The highest BCUT2D eigenvalue weighted by molar-refractivity contribution is 7.19. The van der Waals surface area contributed by atoms with Crippen molar-refractivity contribution in [3.63, 3.8) is 0 Å². The van der Waals surface area contributed by atoms with Crippen LogP contribution in [0.5, 0.6) is 0 Å². The van der Waals surface area contributed by atoms with Gasteiger partial charge in [-0.15, -0.1) is 11.3 Å². The zero-order chi connectivity index (χ0) is 14.5. The molecule has 7 heteroatoms. The number of nitrogens with two attached hydrogens (primary N) is 3. The molecule has 0 aliphatic heterocycles. The lowest BCUT2D eigenvalue weighted by atomic mass is 10.0. The van der Waals surface area contributed by atoms with E-state index >= 15 is 0 Å². The van der Waals surface area contributed by atoms with Crippen LogP contribution in [0.1, 0.15) is 45.7 Å². The van der Waals surface area contributed by atoms with Crippen LogP contribution in [0.25, 0.3) is 0 Å². The number of hydrogen-bond donors (Lipinski definition) is 4. The van der Waals surface area contributed by atoms with E-state index in [0.29, 0.717) is 10.4 Å². The van der Waals surface area contributed by atoms with Crippen molar-refractivity contribution in [1.82, 2.24) is 0 Å². The lowest BCUT2D eigenvalue weighted by Crippen LogP contribution is -2.20. The minimum absolute atomic E-state index is 0.0915. The van der Waals surface area contributed by atoms with Crippen LogP contribution in [0.15, 0.2) is 0 Å². The van der Waals surface area contributed by atoms with Crippen LogP contribution < -0.4 is 22.5 Å². The third-order valence-electron chi connectivity index (χ3n) is 4.35. The molecule has 3 rings (SSSR count). The van der Waals surface area contributed by atoms with Gasteiger partial charge < -0.3 is 22.5 Å². The Morgan fingerprint density at radius 2 is 1.90 bits per heavy atom. The summed E-state index contributed by atoms with van der Waals surface area (Å²) >= 11 is 1.11. The highest BCUT2D eigenvalue weighted by atomic mass is 32.1. The summed E-state index contributed by atoms with van der Waals surface area (Å²) < 4.78 is 0. The van der Waals surface area contributed by atoms with Crippen LogP contribution in [-0.4, -0.2) is 18.4 Å². The molecule has 0 spiro atoms. The molecule has 2 aliphatic carbocycles. The number of nitrogens with one attached hydrogen (secondary N) is 1. The molecular weight excluding hydrogens is 276 g/mol. The molecule has 2 amide bonds. The number of carbonyl (C=O) groups is 2. The van der Waals surface area contributed by atoms with Crippen LogP contribution in [0.3, 0.4) is 0 Å². The zero-order valence-corrected chi connectivity index (χ0v) is 11.9. The molecule has 0 bridgehead atoms. The molecule has 20 heavy (non-hydrogen) atoms. The molecule has 108 valence electrons. The monoisotopic (exact) mass is 294 g/mol. The first-order valence-corrected chi connectivity index (χ1v) is 7.52. The quantitative estimate of drug-likeness (QED) is 0.627.